The Balaban J connectivity index is 1.63. The molecule has 5 heteroatoms. The molecule has 1 aromatic heterocycles. The Morgan fingerprint density at radius 1 is 1.53 bits per heavy atom. The fourth-order valence-corrected chi connectivity index (χ4v) is 2.10. The number of carbonyl (C=O) groups is 1. The summed E-state index contributed by atoms with van der Waals surface area (Å²) in [4.78, 5) is 11.7. The van der Waals surface area contributed by atoms with Gasteiger partial charge in [-0.1, -0.05) is 0 Å². The topological polar surface area (TPSA) is 59.0 Å². The van der Waals surface area contributed by atoms with Gasteiger partial charge in [0.15, 0.2) is 0 Å². The van der Waals surface area contributed by atoms with Crippen LogP contribution in [-0.4, -0.2) is 34.3 Å². The maximum atomic E-state index is 11.7. The van der Waals surface area contributed by atoms with Crippen LogP contribution in [0.5, 0.6) is 0 Å². The summed E-state index contributed by atoms with van der Waals surface area (Å²) in [5.41, 5.74) is 2.25. The largest absolute Gasteiger partial charge is 0.352 e. The summed E-state index contributed by atoms with van der Waals surface area (Å²) in [6.45, 7) is 7.72. The molecule has 0 bridgehead atoms. The first-order valence-corrected chi connectivity index (χ1v) is 7.11. The van der Waals surface area contributed by atoms with E-state index < -0.39 is 0 Å². The smallest absolute Gasteiger partial charge is 0.237 e. The molecule has 1 atom stereocenters. The number of nitrogens with one attached hydrogen (secondary N) is 2. The normalized spacial score (nSPS) is 16.4. The van der Waals surface area contributed by atoms with Crippen LogP contribution in [0.1, 0.15) is 37.6 Å². The molecule has 1 amide bonds. The van der Waals surface area contributed by atoms with E-state index in [0.717, 1.165) is 38.0 Å². The van der Waals surface area contributed by atoms with Gasteiger partial charge in [0.2, 0.25) is 5.91 Å². The number of aromatic nitrogens is 2. The molecule has 1 unspecified atom stereocenters. The molecule has 0 spiro atoms. The first-order valence-electron chi connectivity index (χ1n) is 7.11. The maximum absolute atomic E-state index is 11.7. The minimum Gasteiger partial charge on any atom is -0.352 e. The molecule has 5 nitrogen and oxygen atoms in total. The average Bonchev–Trinajstić information content (AvgIpc) is 3.10. The number of aryl methyl sites for hydroxylation is 3. The number of carbonyl (C=O) groups excluding carboxylic acids is 1. The van der Waals surface area contributed by atoms with Crippen LogP contribution < -0.4 is 10.6 Å². The van der Waals surface area contributed by atoms with E-state index in [9.17, 15) is 4.79 Å². The van der Waals surface area contributed by atoms with Crippen molar-refractivity contribution in [2.24, 2.45) is 0 Å². The van der Waals surface area contributed by atoms with E-state index in [1.807, 2.05) is 18.5 Å². The van der Waals surface area contributed by atoms with Crippen molar-refractivity contribution in [2.45, 2.75) is 58.7 Å². The van der Waals surface area contributed by atoms with Crippen molar-refractivity contribution in [3.63, 3.8) is 0 Å². The molecule has 0 aliphatic heterocycles. The van der Waals surface area contributed by atoms with Crippen molar-refractivity contribution in [3.05, 3.63) is 17.5 Å². The molecular weight excluding hydrogens is 240 g/mol. The second-order valence-electron chi connectivity index (χ2n) is 5.46. The number of nitrogens with zero attached hydrogens (tertiary/aromatic N) is 2. The van der Waals surface area contributed by atoms with E-state index >= 15 is 0 Å². The Kier molecular flexibility index (Phi) is 4.58. The molecule has 2 rings (SSSR count). The Morgan fingerprint density at radius 3 is 2.84 bits per heavy atom. The molecule has 0 radical (unpaired) electrons. The summed E-state index contributed by atoms with van der Waals surface area (Å²) in [6, 6.07) is 2.41. The first-order chi connectivity index (χ1) is 9.06. The van der Waals surface area contributed by atoms with Gasteiger partial charge >= 0.3 is 0 Å². The maximum Gasteiger partial charge on any atom is 0.237 e. The summed E-state index contributed by atoms with van der Waals surface area (Å²) in [7, 11) is 0. The van der Waals surface area contributed by atoms with E-state index in [1.165, 1.54) is 5.69 Å². The summed E-state index contributed by atoms with van der Waals surface area (Å²) in [5, 5.41) is 10.7. The lowest BCUT2D eigenvalue weighted by molar-refractivity contribution is -0.122. The molecule has 19 heavy (non-hydrogen) atoms. The Morgan fingerprint density at radius 2 is 2.26 bits per heavy atom. The van der Waals surface area contributed by atoms with Crippen LogP contribution in [0.25, 0.3) is 0 Å². The van der Waals surface area contributed by atoms with Gasteiger partial charge in [-0.15, -0.1) is 0 Å². The Hall–Kier alpha value is -1.36. The fourth-order valence-electron chi connectivity index (χ4n) is 2.10. The van der Waals surface area contributed by atoms with Crippen LogP contribution in [0, 0.1) is 13.8 Å². The van der Waals surface area contributed by atoms with Crippen LogP contribution >= 0.6 is 0 Å². The second-order valence-corrected chi connectivity index (χ2v) is 5.46. The van der Waals surface area contributed by atoms with Crippen molar-refractivity contribution in [3.8, 4) is 0 Å². The van der Waals surface area contributed by atoms with Crippen molar-refractivity contribution in [2.75, 3.05) is 6.54 Å². The highest BCUT2D eigenvalue weighted by Crippen LogP contribution is 2.18. The van der Waals surface area contributed by atoms with Gasteiger partial charge < -0.3 is 10.6 Å². The van der Waals surface area contributed by atoms with E-state index in [2.05, 4.69) is 28.7 Å². The lowest BCUT2D eigenvalue weighted by atomic mass is 10.3. The van der Waals surface area contributed by atoms with Gasteiger partial charge in [0.25, 0.3) is 0 Å². The van der Waals surface area contributed by atoms with Gasteiger partial charge in [-0.2, -0.15) is 5.10 Å². The zero-order valence-corrected chi connectivity index (χ0v) is 12.1. The van der Waals surface area contributed by atoms with Crippen LogP contribution in [-0.2, 0) is 11.3 Å². The van der Waals surface area contributed by atoms with E-state index in [-0.39, 0.29) is 11.9 Å². The van der Waals surface area contributed by atoms with Gasteiger partial charge in [0.05, 0.1) is 11.7 Å². The van der Waals surface area contributed by atoms with Gasteiger partial charge in [0.1, 0.15) is 0 Å². The minimum absolute atomic E-state index is 0.110. The van der Waals surface area contributed by atoms with E-state index in [1.54, 1.807) is 0 Å². The molecule has 1 aliphatic rings. The lowest BCUT2D eigenvalue weighted by Gasteiger charge is -2.13. The van der Waals surface area contributed by atoms with Crippen molar-refractivity contribution >= 4 is 5.91 Å². The molecule has 106 valence electrons. The third-order valence-corrected chi connectivity index (χ3v) is 3.42. The van der Waals surface area contributed by atoms with Crippen molar-refractivity contribution in [1.82, 2.24) is 20.4 Å². The monoisotopic (exact) mass is 264 g/mol. The van der Waals surface area contributed by atoms with E-state index in [0.29, 0.717) is 6.04 Å². The number of rotatable bonds is 7. The number of hydrogen-bond donors (Lipinski definition) is 2. The Bertz CT molecular complexity index is 437. The predicted octanol–water partition coefficient (Wildman–Crippen LogP) is 1.15. The average molecular weight is 264 g/mol. The predicted molar refractivity (Wildman–Crippen MR) is 74.9 cm³/mol. The highest BCUT2D eigenvalue weighted by Gasteiger charge is 2.25. The zero-order valence-electron chi connectivity index (χ0n) is 12.1. The fraction of sp³-hybridized carbons (Fsp3) is 0.714. The van der Waals surface area contributed by atoms with Crippen molar-refractivity contribution < 1.29 is 4.79 Å². The zero-order chi connectivity index (χ0) is 13.8. The number of amides is 1. The third kappa shape index (κ3) is 4.35. The van der Waals surface area contributed by atoms with Crippen LogP contribution in [0.4, 0.5) is 0 Å². The SMILES string of the molecule is Cc1cc(C)n(CCCNC(C)C(=O)NC2CC2)n1. The lowest BCUT2D eigenvalue weighted by Crippen LogP contribution is -2.43. The highest BCUT2D eigenvalue weighted by molar-refractivity contribution is 5.81. The summed E-state index contributed by atoms with van der Waals surface area (Å²) >= 11 is 0. The molecule has 1 fully saturated rings. The van der Waals surface area contributed by atoms with Gasteiger partial charge in [-0.3, -0.25) is 9.48 Å². The van der Waals surface area contributed by atoms with Crippen LogP contribution in [0.15, 0.2) is 6.07 Å². The summed E-state index contributed by atoms with van der Waals surface area (Å²) in [6.07, 6.45) is 3.25. The first kappa shape index (κ1) is 14.1. The molecule has 1 heterocycles. The van der Waals surface area contributed by atoms with Gasteiger partial charge in [-0.05, 0) is 52.6 Å². The third-order valence-electron chi connectivity index (χ3n) is 3.42. The molecule has 1 saturated carbocycles. The van der Waals surface area contributed by atoms with Crippen LogP contribution in [0.2, 0.25) is 0 Å². The van der Waals surface area contributed by atoms with Gasteiger partial charge in [0, 0.05) is 18.3 Å². The molecule has 0 aromatic carbocycles. The standard InChI is InChI=1S/C14H24N4O/c1-10-9-11(2)18(17-10)8-4-7-15-12(3)14(19)16-13-5-6-13/h9,12-13,15H,4-8H2,1-3H3,(H,16,19). The molecule has 1 aliphatic carbocycles. The second kappa shape index (κ2) is 6.19. The minimum atomic E-state index is -0.110. The molecule has 1 aromatic rings. The Labute approximate surface area is 114 Å². The summed E-state index contributed by atoms with van der Waals surface area (Å²) in [5.74, 6) is 0.119. The van der Waals surface area contributed by atoms with Crippen molar-refractivity contribution in [1.29, 1.82) is 0 Å². The van der Waals surface area contributed by atoms with Gasteiger partial charge in [-0.25, -0.2) is 0 Å². The summed E-state index contributed by atoms with van der Waals surface area (Å²) < 4.78 is 2.02. The molecular formula is C14H24N4O. The number of hydrogen-bond acceptors (Lipinski definition) is 3. The molecule has 2 N–H and O–H groups in total. The highest BCUT2D eigenvalue weighted by atomic mass is 16.2. The van der Waals surface area contributed by atoms with Crippen LogP contribution in [0.3, 0.4) is 0 Å². The molecule has 0 saturated heterocycles. The quantitative estimate of drug-likeness (QED) is 0.726. The van der Waals surface area contributed by atoms with E-state index in [4.69, 9.17) is 0 Å².